The van der Waals surface area contributed by atoms with E-state index in [0.29, 0.717) is 12.3 Å². The molecule has 1 fully saturated rings. The first-order valence-electron chi connectivity index (χ1n) is 7.21. The summed E-state index contributed by atoms with van der Waals surface area (Å²) in [5.41, 5.74) is 0. The molecule has 1 unspecified atom stereocenters. The predicted molar refractivity (Wildman–Crippen MR) is 81.9 cm³/mol. The van der Waals surface area contributed by atoms with E-state index in [2.05, 4.69) is 28.7 Å². The van der Waals surface area contributed by atoms with Gasteiger partial charge in [0.2, 0.25) is 0 Å². The molecule has 1 aliphatic heterocycles. The normalized spacial score (nSPS) is 18.9. The van der Waals surface area contributed by atoms with Crippen molar-refractivity contribution in [1.82, 2.24) is 10.2 Å². The summed E-state index contributed by atoms with van der Waals surface area (Å²) in [6, 6.07) is 4.20. The van der Waals surface area contributed by atoms with Crippen LogP contribution < -0.4 is 5.32 Å². The summed E-state index contributed by atoms with van der Waals surface area (Å²) >= 11 is 1.69. The second kappa shape index (κ2) is 7.76. The third-order valence-electron chi connectivity index (χ3n) is 3.98. The van der Waals surface area contributed by atoms with Crippen LogP contribution in [0.1, 0.15) is 30.2 Å². The van der Waals surface area contributed by atoms with E-state index in [1.54, 1.807) is 11.3 Å². The molecule has 1 saturated heterocycles. The van der Waals surface area contributed by atoms with Crippen LogP contribution in [0.3, 0.4) is 0 Å². The number of nitrogens with zero attached hydrogens (tertiary/aromatic N) is 1. The molecule has 5 heteroatoms. The number of nitrogens with one attached hydrogen (secondary N) is 1. The van der Waals surface area contributed by atoms with Crippen molar-refractivity contribution in [2.45, 2.75) is 25.3 Å². The van der Waals surface area contributed by atoms with E-state index in [4.69, 9.17) is 4.74 Å². The summed E-state index contributed by atoms with van der Waals surface area (Å²) in [4.78, 5) is 15.1. The molecular formula is C15H24N2O2S. The molecule has 0 aromatic carbocycles. The lowest BCUT2D eigenvalue weighted by molar-refractivity contribution is -0.141. The summed E-state index contributed by atoms with van der Waals surface area (Å²) in [5.74, 6) is 0.561. The van der Waals surface area contributed by atoms with E-state index >= 15 is 0 Å². The molecule has 1 aliphatic rings. The van der Waals surface area contributed by atoms with Crippen LogP contribution in [0.4, 0.5) is 0 Å². The number of methoxy groups -OCH3 is 1. The highest BCUT2D eigenvalue weighted by atomic mass is 32.1. The molecular weight excluding hydrogens is 272 g/mol. The van der Waals surface area contributed by atoms with Crippen molar-refractivity contribution in [2.24, 2.45) is 5.92 Å². The van der Waals surface area contributed by atoms with Gasteiger partial charge in [-0.25, -0.2) is 0 Å². The number of likely N-dealkylation sites (tertiary alicyclic amines) is 1. The zero-order valence-electron chi connectivity index (χ0n) is 12.3. The maximum Gasteiger partial charge on any atom is 0.307 e. The molecule has 1 atom stereocenters. The van der Waals surface area contributed by atoms with Crippen LogP contribution in [0.5, 0.6) is 0 Å². The van der Waals surface area contributed by atoms with E-state index in [9.17, 15) is 4.79 Å². The number of carbonyl (C=O) groups excluding carboxylic acids is 1. The minimum atomic E-state index is -0.153. The van der Waals surface area contributed by atoms with Crippen LogP contribution in [0.15, 0.2) is 17.5 Å². The molecule has 0 amide bonds. The number of hydrogen-bond donors (Lipinski definition) is 1. The average molecular weight is 296 g/mol. The van der Waals surface area contributed by atoms with Crippen molar-refractivity contribution in [1.29, 1.82) is 0 Å². The van der Waals surface area contributed by atoms with Crippen molar-refractivity contribution in [3.63, 3.8) is 0 Å². The first-order chi connectivity index (χ1) is 9.69. The second-order valence-corrected chi connectivity index (χ2v) is 6.48. The van der Waals surface area contributed by atoms with Crippen molar-refractivity contribution in [2.75, 3.05) is 33.8 Å². The molecule has 1 N–H and O–H groups in total. The van der Waals surface area contributed by atoms with Gasteiger partial charge in [0.1, 0.15) is 0 Å². The molecule has 112 valence electrons. The Labute approximate surface area is 125 Å². The third-order valence-corrected chi connectivity index (χ3v) is 4.96. The highest BCUT2D eigenvalue weighted by Gasteiger charge is 2.21. The van der Waals surface area contributed by atoms with Gasteiger partial charge in [0.25, 0.3) is 0 Å². The molecule has 0 radical (unpaired) electrons. The Morgan fingerprint density at radius 3 is 2.90 bits per heavy atom. The lowest BCUT2D eigenvalue weighted by Crippen LogP contribution is -2.36. The number of piperidine rings is 1. The second-order valence-electron chi connectivity index (χ2n) is 5.50. The summed E-state index contributed by atoms with van der Waals surface area (Å²) in [6.45, 7) is 3.33. The van der Waals surface area contributed by atoms with E-state index in [1.807, 2.05) is 6.07 Å². The van der Waals surface area contributed by atoms with Crippen molar-refractivity contribution in [3.8, 4) is 0 Å². The van der Waals surface area contributed by atoms with Gasteiger partial charge in [-0.1, -0.05) is 6.07 Å². The average Bonchev–Trinajstić information content (AvgIpc) is 2.99. The standard InChI is InChI=1S/C15H24N2O2S/c1-17-7-5-12(6-8-17)11-16-13(10-15(18)19-2)14-4-3-9-20-14/h3-4,9,12-13,16H,5-8,10-11H2,1-2H3. The molecule has 2 heterocycles. The van der Waals surface area contributed by atoms with Gasteiger partial charge in [-0.15, -0.1) is 11.3 Å². The van der Waals surface area contributed by atoms with Crippen molar-refractivity contribution < 1.29 is 9.53 Å². The van der Waals surface area contributed by atoms with E-state index in [-0.39, 0.29) is 12.0 Å². The number of hydrogen-bond acceptors (Lipinski definition) is 5. The molecule has 1 aromatic rings. The number of esters is 1. The first kappa shape index (κ1) is 15.5. The maximum atomic E-state index is 11.5. The lowest BCUT2D eigenvalue weighted by atomic mass is 9.96. The lowest BCUT2D eigenvalue weighted by Gasteiger charge is -2.30. The highest BCUT2D eigenvalue weighted by Crippen LogP contribution is 2.24. The van der Waals surface area contributed by atoms with Gasteiger partial charge in [-0.2, -0.15) is 0 Å². The van der Waals surface area contributed by atoms with Gasteiger partial charge in [-0.3, -0.25) is 4.79 Å². The van der Waals surface area contributed by atoms with E-state index in [0.717, 1.165) is 6.54 Å². The molecule has 0 bridgehead atoms. The van der Waals surface area contributed by atoms with Crippen LogP contribution in [0.25, 0.3) is 0 Å². The quantitative estimate of drug-likeness (QED) is 0.818. The molecule has 2 rings (SSSR count). The fraction of sp³-hybridized carbons (Fsp3) is 0.667. The van der Waals surface area contributed by atoms with Crippen LogP contribution in [-0.2, 0) is 9.53 Å². The fourth-order valence-electron chi connectivity index (χ4n) is 2.59. The summed E-state index contributed by atoms with van der Waals surface area (Å²) in [7, 11) is 3.63. The van der Waals surface area contributed by atoms with Crippen molar-refractivity contribution >= 4 is 17.3 Å². The zero-order chi connectivity index (χ0) is 14.4. The minimum absolute atomic E-state index is 0.0853. The number of rotatable bonds is 6. The van der Waals surface area contributed by atoms with Crippen LogP contribution in [0, 0.1) is 5.92 Å². The molecule has 0 spiro atoms. The van der Waals surface area contributed by atoms with Gasteiger partial charge >= 0.3 is 5.97 Å². The summed E-state index contributed by atoms with van der Waals surface area (Å²) < 4.78 is 4.80. The van der Waals surface area contributed by atoms with Gasteiger partial charge in [0.05, 0.1) is 19.6 Å². The first-order valence-corrected chi connectivity index (χ1v) is 8.09. The van der Waals surface area contributed by atoms with Gasteiger partial charge in [0, 0.05) is 4.88 Å². The van der Waals surface area contributed by atoms with Crippen molar-refractivity contribution in [3.05, 3.63) is 22.4 Å². The SMILES string of the molecule is COC(=O)CC(NCC1CCN(C)CC1)c1cccs1. The Hall–Kier alpha value is -0.910. The fourth-order valence-corrected chi connectivity index (χ4v) is 3.39. The topological polar surface area (TPSA) is 41.6 Å². The molecule has 0 saturated carbocycles. The van der Waals surface area contributed by atoms with Gasteiger partial charge in [-0.05, 0) is 56.9 Å². The van der Waals surface area contributed by atoms with Crippen LogP contribution in [0.2, 0.25) is 0 Å². The van der Waals surface area contributed by atoms with E-state index in [1.165, 1.54) is 37.9 Å². The summed E-state index contributed by atoms with van der Waals surface area (Å²) in [6.07, 6.45) is 2.88. The Balaban J connectivity index is 1.86. The minimum Gasteiger partial charge on any atom is -0.469 e. The zero-order valence-corrected chi connectivity index (χ0v) is 13.1. The van der Waals surface area contributed by atoms with Crippen LogP contribution in [-0.4, -0.2) is 44.7 Å². The van der Waals surface area contributed by atoms with Gasteiger partial charge in [0.15, 0.2) is 0 Å². The van der Waals surface area contributed by atoms with Crippen LogP contribution >= 0.6 is 11.3 Å². The Kier molecular flexibility index (Phi) is 6.01. The molecule has 0 aliphatic carbocycles. The number of carbonyl (C=O) groups is 1. The molecule has 4 nitrogen and oxygen atoms in total. The van der Waals surface area contributed by atoms with E-state index < -0.39 is 0 Å². The number of thiophene rings is 1. The largest absolute Gasteiger partial charge is 0.469 e. The maximum absolute atomic E-state index is 11.5. The Morgan fingerprint density at radius 1 is 1.55 bits per heavy atom. The smallest absolute Gasteiger partial charge is 0.307 e. The Morgan fingerprint density at radius 2 is 2.30 bits per heavy atom. The Bertz CT molecular complexity index is 400. The monoisotopic (exact) mass is 296 g/mol. The highest BCUT2D eigenvalue weighted by molar-refractivity contribution is 7.10. The predicted octanol–water partition coefficient (Wildman–Crippen LogP) is 2.28. The third kappa shape index (κ3) is 4.58. The summed E-state index contributed by atoms with van der Waals surface area (Å²) in [5, 5.41) is 5.62. The number of ether oxygens (including phenoxy) is 1. The molecule has 1 aromatic heterocycles. The molecule has 20 heavy (non-hydrogen) atoms. The van der Waals surface area contributed by atoms with Gasteiger partial charge < -0.3 is 15.0 Å².